The van der Waals surface area contributed by atoms with Gasteiger partial charge in [0.15, 0.2) is 5.78 Å². The number of rotatable bonds is 6. The zero-order chi connectivity index (χ0) is 18.8. The summed E-state index contributed by atoms with van der Waals surface area (Å²) in [5.41, 5.74) is 2.84. The number of hydrogen-bond donors (Lipinski definition) is 0. The smallest absolute Gasteiger partial charge is 0.197 e. The summed E-state index contributed by atoms with van der Waals surface area (Å²) in [5, 5.41) is 2.15. The predicted molar refractivity (Wildman–Crippen MR) is 115 cm³/mol. The Morgan fingerprint density at radius 1 is 1.08 bits per heavy atom. The van der Waals surface area contributed by atoms with Crippen LogP contribution in [0.4, 0.5) is 0 Å². The number of nitrogens with zero attached hydrogens (tertiary/aromatic N) is 1. The number of aromatic nitrogens is 1. The van der Waals surface area contributed by atoms with Gasteiger partial charge in [0.25, 0.3) is 0 Å². The molecule has 3 rings (SSSR count). The van der Waals surface area contributed by atoms with E-state index < -0.39 is 0 Å². The van der Waals surface area contributed by atoms with Gasteiger partial charge in [-0.3, -0.25) is 4.79 Å². The zero-order valence-corrected chi connectivity index (χ0v) is 17.6. The summed E-state index contributed by atoms with van der Waals surface area (Å²) in [6.45, 7) is 2.77. The third-order valence-electron chi connectivity index (χ3n) is 4.45. The number of carbonyl (C=O) groups excluding carboxylic acids is 1. The molecule has 0 amide bonds. The number of fused-ring (bicyclic) bond motifs is 1. The molecule has 2 aromatic carbocycles. The first-order valence-corrected chi connectivity index (χ1v) is 10.7. The molecule has 0 aliphatic carbocycles. The third kappa shape index (κ3) is 3.50. The molecule has 0 aliphatic rings. The van der Waals surface area contributed by atoms with Crippen molar-refractivity contribution in [3.63, 3.8) is 0 Å². The Labute approximate surface area is 172 Å². The number of carbonyl (C=O) groups is 1. The summed E-state index contributed by atoms with van der Waals surface area (Å²) in [4.78, 5) is 13.3. The number of para-hydroxylation sites is 1. The van der Waals surface area contributed by atoms with E-state index in [9.17, 15) is 4.79 Å². The van der Waals surface area contributed by atoms with Gasteiger partial charge in [-0.1, -0.05) is 53.0 Å². The van der Waals surface area contributed by atoms with E-state index in [4.69, 9.17) is 34.8 Å². The number of hydrogen-bond acceptors (Lipinski definition) is 2. The van der Waals surface area contributed by atoms with Crippen LogP contribution in [0.25, 0.3) is 10.9 Å². The van der Waals surface area contributed by atoms with Crippen molar-refractivity contribution in [3.8, 4) is 0 Å². The van der Waals surface area contributed by atoms with Crippen LogP contribution in [-0.4, -0.2) is 22.4 Å². The second kappa shape index (κ2) is 8.26. The standard InChI is InChI=1S/C20H18Cl3NOS/c1-12-17(20(25)14-7-4-8-15(21)18(14)23)13-6-3-9-16(22)19(13)24(12)10-5-11-26-2/h3-4,6-9H,5,10-11H2,1-2H3. The van der Waals surface area contributed by atoms with E-state index in [1.165, 1.54) is 0 Å². The molecule has 136 valence electrons. The molecule has 0 saturated heterocycles. The molecule has 3 aromatic rings. The second-order valence-electron chi connectivity index (χ2n) is 6.02. The van der Waals surface area contributed by atoms with Gasteiger partial charge in [0, 0.05) is 23.2 Å². The molecule has 0 N–H and O–H groups in total. The minimum atomic E-state index is -0.133. The highest BCUT2D eigenvalue weighted by Crippen LogP contribution is 2.35. The normalized spacial score (nSPS) is 11.3. The van der Waals surface area contributed by atoms with Gasteiger partial charge in [-0.05, 0) is 43.6 Å². The number of ketones is 1. The average Bonchev–Trinajstić information content (AvgIpc) is 2.90. The van der Waals surface area contributed by atoms with Crippen LogP contribution < -0.4 is 0 Å². The topological polar surface area (TPSA) is 22.0 Å². The first-order chi connectivity index (χ1) is 12.5. The van der Waals surface area contributed by atoms with Gasteiger partial charge in [-0.15, -0.1) is 0 Å². The molecule has 1 aromatic heterocycles. The molecule has 0 unspecified atom stereocenters. The fraction of sp³-hybridized carbons (Fsp3) is 0.250. The number of thioether (sulfide) groups is 1. The molecule has 0 spiro atoms. The Morgan fingerprint density at radius 2 is 1.77 bits per heavy atom. The van der Waals surface area contributed by atoms with E-state index >= 15 is 0 Å². The average molecular weight is 427 g/mol. The molecule has 0 aliphatic heterocycles. The maximum atomic E-state index is 13.3. The first kappa shape index (κ1) is 19.6. The van der Waals surface area contributed by atoms with E-state index in [0.717, 1.165) is 35.3 Å². The summed E-state index contributed by atoms with van der Waals surface area (Å²) >= 11 is 20.7. The maximum Gasteiger partial charge on any atom is 0.197 e. The highest BCUT2D eigenvalue weighted by Gasteiger charge is 2.24. The van der Waals surface area contributed by atoms with E-state index in [1.807, 2.05) is 25.1 Å². The lowest BCUT2D eigenvalue weighted by atomic mass is 10.0. The second-order valence-corrected chi connectivity index (χ2v) is 8.20. The lowest BCUT2D eigenvalue weighted by Crippen LogP contribution is -2.07. The van der Waals surface area contributed by atoms with Crippen molar-refractivity contribution in [2.45, 2.75) is 19.9 Å². The van der Waals surface area contributed by atoms with Crippen molar-refractivity contribution in [1.82, 2.24) is 4.57 Å². The molecule has 1 heterocycles. The largest absolute Gasteiger partial charge is 0.343 e. The van der Waals surface area contributed by atoms with Gasteiger partial charge in [-0.25, -0.2) is 0 Å². The molecule has 0 atom stereocenters. The monoisotopic (exact) mass is 425 g/mol. The Hall–Kier alpha value is -1.13. The predicted octanol–water partition coefficient (Wildman–Crippen LogP) is 6.89. The van der Waals surface area contributed by atoms with Crippen molar-refractivity contribution < 1.29 is 4.79 Å². The lowest BCUT2D eigenvalue weighted by molar-refractivity contribution is 0.103. The lowest BCUT2D eigenvalue weighted by Gasteiger charge is -2.09. The van der Waals surface area contributed by atoms with Gasteiger partial charge in [-0.2, -0.15) is 11.8 Å². The maximum absolute atomic E-state index is 13.3. The van der Waals surface area contributed by atoms with Crippen molar-refractivity contribution in [2.75, 3.05) is 12.0 Å². The minimum Gasteiger partial charge on any atom is -0.343 e. The van der Waals surface area contributed by atoms with E-state index in [0.29, 0.717) is 21.2 Å². The molecule has 0 fully saturated rings. The Balaban J connectivity index is 2.20. The molecule has 0 saturated carbocycles. The van der Waals surface area contributed by atoms with Gasteiger partial charge < -0.3 is 4.57 Å². The molecule has 0 bridgehead atoms. The minimum absolute atomic E-state index is 0.133. The summed E-state index contributed by atoms with van der Waals surface area (Å²) in [6.07, 6.45) is 3.09. The van der Waals surface area contributed by atoms with Gasteiger partial charge in [0.2, 0.25) is 0 Å². The zero-order valence-electron chi connectivity index (χ0n) is 14.5. The Kier molecular flexibility index (Phi) is 6.24. The fourth-order valence-corrected chi connectivity index (χ4v) is 4.32. The third-order valence-corrected chi connectivity index (χ3v) is 6.27. The highest BCUT2D eigenvalue weighted by molar-refractivity contribution is 7.98. The fourth-order valence-electron chi connectivity index (χ4n) is 3.24. The van der Waals surface area contributed by atoms with E-state index in [1.54, 1.807) is 30.0 Å². The van der Waals surface area contributed by atoms with Crippen molar-refractivity contribution in [2.24, 2.45) is 0 Å². The molecular weight excluding hydrogens is 409 g/mol. The Morgan fingerprint density at radius 3 is 2.50 bits per heavy atom. The summed E-state index contributed by atoms with van der Waals surface area (Å²) in [5.74, 6) is 0.915. The van der Waals surface area contributed by atoms with Crippen LogP contribution in [0.5, 0.6) is 0 Å². The summed E-state index contributed by atoms with van der Waals surface area (Å²) < 4.78 is 2.14. The molecule has 2 nitrogen and oxygen atoms in total. The van der Waals surface area contributed by atoms with Crippen LogP contribution in [0.1, 0.15) is 28.0 Å². The van der Waals surface area contributed by atoms with Gasteiger partial charge in [0.05, 0.1) is 26.1 Å². The quantitative estimate of drug-likeness (QED) is 0.316. The molecule has 0 radical (unpaired) electrons. The summed E-state index contributed by atoms with van der Waals surface area (Å²) in [7, 11) is 0. The van der Waals surface area contributed by atoms with Gasteiger partial charge >= 0.3 is 0 Å². The SMILES string of the molecule is CSCCCn1c(C)c(C(=O)c2cccc(Cl)c2Cl)c2cccc(Cl)c21. The molecule has 6 heteroatoms. The molecular formula is C20H18Cl3NOS. The van der Waals surface area contributed by atoms with Crippen molar-refractivity contribution >= 4 is 63.3 Å². The first-order valence-electron chi connectivity index (χ1n) is 8.22. The number of aryl methyl sites for hydroxylation is 1. The van der Waals surface area contributed by atoms with Crippen LogP contribution in [0.3, 0.4) is 0 Å². The van der Waals surface area contributed by atoms with Crippen LogP contribution in [0.15, 0.2) is 36.4 Å². The van der Waals surface area contributed by atoms with Crippen LogP contribution >= 0.6 is 46.6 Å². The summed E-state index contributed by atoms with van der Waals surface area (Å²) in [6, 6.07) is 10.8. The van der Waals surface area contributed by atoms with Crippen molar-refractivity contribution in [3.05, 3.63) is 68.3 Å². The van der Waals surface area contributed by atoms with Crippen LogP contribution in [-0.2, 0) is 6.54 Å². The number of benzene rings is 2. The van der Waals surface area contributed by atoms with Crippen LogP contribution in [0.2, 0.25) is 15.1 Å². The van der Waals surface area contributed by atoms with Gasteiger partial charge in [0.1, 0.15) is 0 Å². The van der Waals surface area contributed by atoms with Crippen LogP contribution in [0, 0.1) is 6.92 Å². The number of halogens is 3. The Bertz CT molecular complexity index is 981. The van der Waals surface area contributed by atoms with E-state index in [-0.39, 0.29) is 10.8 Å². The van der Waals surface area contributed by atoms with Crippen molar-refractivity contribution in [1.29, 1.82) is 0 Å². The molecule has 26 heavy (non-hydrogen) atoms. The van der Waals surface area contributed by atoms with E-state index in [2.05, 4.69) is 10.8 Å². The highest BCUT2D eigenvalue weighted by atomic mass is 35.5.